The van der Waals surface area contributed by atoms with Gasteiger partial charge in [0.25, 0.3) is 0 Å². The monoisotopic (exact) mass is 449 g/mol. The summed E-state index contributed by atoms with van der Waals surface area (Å²) in [4.78, 5) is 15.1. The van der Waals surface area contributed by atoms with E-state index >= 15 is 0 Å². The van der Waals surface area contributed by atoms with E-state index in [1.807, 2.05) is 19.1 Å². The van der Waals surface area contributed by atoms with E-state index in [4.69, 9.17) is 14.6 Å². The lowest BCUT2D eigenvalue weighted by Crippen LogP contribution is -2.43. The summed E-state index contributed by atoms with van der Waals surface area (Å²) < 4.78 is 11.1. The number of fused-ring (bicyclic) bond motifs is 3. The number of benzene rings is 2. The number of carbonyl (C=O) groups is 1. The Bertz CT molecular complexity index is 1080. The number of nitrogens with one attached hydrogen (secondary N) is 2. The van der Waals surface area contributed by atoms with E-state index in [2.05, 4.69) is 39.8 Å². The molecule has 174 valence electrons. The summed E-state index contributed by atoms with van der Waals surface area (Å²) in [5.74, 6) is 1.31. The van der Waals surface area contributed by atoms with E-state index in [1.165, 1.54) is 17.1 Å². The number of piperazine rings is 1. The van der Waals surface area contributed by atoms with Crippen LogP contribution in [0.4, 0.5) is 10.5 Å². The predicted octanol–water partition coefficient (Wildman–Crippen LogP) is 2.59. The number of rotatable bonds is 4. The molecule has 2 aromatic carbocycles. The fourth-order valence-corrected chi connectivity index (χ4v) is 5.24. The van der Waals surface area contributed by atoms with Crippen LogP contribution in [0.3, 0.4) is 0 Å². The molecule has 1 unspecified atom stereocenters. The molecule has 8 nitrogen and oxygen atoms in total. The molecule has 0 radical (unpaired) electrons. The summed E-state index contributed by atoms with van der Waals surface area (Å²) in [6, 6.07) is 13.3. The minimum Gasteiger partial charge on any atom is -0.493 e. The first-order valence-electron chi connectivity index (χ1n) is 11.5. The van der Waals surface area contributed by atoms with Crippen LogP contribution >= 0.6 is 0 Å². The molecule has 3 aliphatic rings. The van der Waals surface area contributed by atoms with E-state index in [9.17, 15) is 4.79 Å². The van der Waals surface area contributed by atoms with Gasteiger partial charge < -0.3 is 25.0 Å². The highest BCUT2D eigenvalue weighted by Crippen LogP contribution is 2.35. The van der Waals surface area contributed by atoms with Crippen LogP contribution in [0.15, 0.2) is 41.5 Å². The highest BCUT2D eigenvalue weighted by atomic mass is 16.5. The maximum atomic E-state index is 12.7. The lowest BCUT2D eigenvalue weighted by atomic mass is 9.94. The van der Waals surface area contributed by atoms with Crippen LogP contribution in [0.1, 0.15) is 30.0 Å². The van der Waals surface area contributed by atoms with E-state index in [0.29, 0.717) is 30.0 Å². The molecule has 2 bridgehead atoms. The number of urea groups is 1. The van der Waals surface area contributed by atoms with Crippen LogP contribution in [-0.2, 0) is 6.42 Å². The minimum atomic E-state index is -0.232. The van der Waals surface area contributed by atoms with Crippen LogP contribution < -0.4 is 25.0 Å². The molecular weight excluding hydrogens is 418 g/mol. The molecule has 3 aliphatic heterocycles. The number of nitrogens with zero attached hydrogens (tertiary/aromatic N) is 3. The maximum Gasteiger partial charge on any atom is 0.337 e. The van der Waals surface area contributed by atoms with Crippen molar-refractivity contribution in [3.63, 3.8) is 0 Å². The number of anilines is 1. The molecule has 2 amide bonds. The molecule has 2 fully saturated rings. The van der Waals surface area contributed by atoms with Crippen molar-refractivity contribution < 1.29 is 14.3 Å². The predicted molar refractivity (Wildman–Crippen MR) is 129 cm³/mol. The minimum absolute atomic E-state index is 0.119. The average Bonchev–Trinajstić information content (AvgIpc) is 3.45. The summed E-state index contributed by atoms with van der Waals surface area (Å²) in [5.41, 5.74) is 4.94. The fraction of sp³-hybridized carbons (Fsp3) is 0.440. The third kappa shape index (κ3) is 3.78. The second-order valence-corrected chi connectivity index (χ2v) is 8.96. The Kier molecular flexibility index (Phi) is 5.62. The standard InChI is InChI=1S/C25H31N5O3/c1-15-9-17-10-22(32-3)23(33-4)12-21(17)24(28-30(15)25(31)26-2)16-5-7-19(8-6-16)29-14-18-11-20(29)13-27-18/h5-8,10,12,15,18,20,27H,9,11,13-14H2,1-4H3,(H,26,31)/t15?,18-,20+/m1/s1. The second kappa shape index (κ2) is 8.59. The van der Waals surface area contributed by atoms with Gasteiger partial charge in [-0.05, 0) is 49.6 Å². The zero-order chi connectivity index (χ0) is 23.1. The Labute approximate surface area is 194 Å². The molecule has 0 spiro atoms. The number of ether oxygens (including phenoxy) is 2. The van der Waals surface area contributed by atoms with Gasteiger partial charge in [-0.2, -0.15) is 5.10 Å². The largest absolute Gasteiger partial charge is 0.493 e. The first-order chi connectivity index (χ1) is 16.0. The van der Waals surface area contributed by atoms with Gasteiger partial charge in [0.1, 0.15) is 0 Å². The van der Waals surface area contributed by atoms with Crippen molar-refractivity contribution in [3.05, 3.63) is 53.1 Å². The Hall–Kier alpha value is -3.26. The first kappa shape index (κ1) is 21.6. The molecular formula is C25H31N5O3. The highest BCUT2D eigenvalue weighted by Gasteiger charge is 2.37. The van der Waals surface area contributed by atoms with Crippen LogP contribution in [0.25, 0.3) is 0 Å². The van der Waals surface area contributed by atoms with Gasteiger partial charge >= 0.3 is 6.03 Å². The van der Waals surface area contributed by atoms with Gasteiger partial charge in [0.15, 0.2) is 11.5 Å². The van der Waals surface area contributed by atoms with Gasteiger partial charge in [0.2, 0.25) is 0 Å². The number of carbonyl (C=O) groups excluding carboxylic acids is 1. The molecule has 5 rings (SSSR count). The van der Waals surface area contributed by atoms with Gasteiger partial charge in [-0.25, -0.2) is 9.80 Å². The van der Waals surface area contributed by atoms with Gasteiger partial charge in [0.05, 0.1) is 26.0 Å². The van der Waals surface area contributed by atoms with Gasteiger partial charge in [-0.1, -0.05) is 12.1 Å². The van der Waals surface area contributed by atoms with Crippen molar-refractivity contribution in [1.29, 1.82) is 0 Å². The van der Waals surface area contributed by atoms with Crippen molar-refractivity contribution >= 4 is 17.4 Å². The van der Waals surface area contributed by atoms with Crippen LogP contribution in [0, 0.1) is 0 Å². The topological polar surface area (TPSA) is 78.4 Å². The Morgan fingerprint density at radius 3 is 2.48 bits per heavy atom. The number of hydrogen-bond donors (Lipinski definition) is 2. The lowest BCUT2D eigenvalue weighted by Gasteiger charge is -2.29. The third-order valence-corrected chi connectivity index (χ3v) is 6.96. The smallest absolute Gasteiger partial charge is 0.337 e. The van der Waals surface area contributed by atoms with E-state index in [-0.39, 0.29) is 12.1 Å². The molecule has 0 aromatic heterocycles. The normalized spacial score (nSPS) is 23.6. The SMILES string of the molecule is CNC(=O)N1N=C(c2ccc(N3C[C@H]4C[C@H]3CN4)cc2)c2cc(OC)c(OC)cc2CC1C. The summed E-state index contributed by atoms with van der Waals surface area (Å²) in [5, 5.41) is 12.7. The van der Waals surface area contributed by atoms with Crippen LogP contribution in [0.2, 0.25) is 0 Å². The summed E-state index contributed by atoms with van der Waals surface area (Å²) in [7, 11) is 4.89. The van der Waals surface area contributed by atoms with Gasteiger partial charge in [-0.3, -0.25) is 0 Å². The quantitative estimate of drug-likeness (QED) is 0.750. The molecule has 0 aliphatic carbocycles. The van der Waals surface area contributed by atoms with E-state index in [1.54, 1.807) is 21.3 Å². The summed E-state index contributed by atoms with van der Waals surface area (Å²) in [6.45, 7) is 4.10. The number of methoxy groups -OCH3 is 2. The van der Waals surface area contributed by atoms with Crippen LogP contribution in [-0.4, -0.2) is 69.2 Å². The molecule has 3 heterocycles. The van der Waals surface area contributed by atoms with Crippen molar-refractivity contribution in [2.24, 2.45) is 5.10 Å². The van der Waals surface area contributed by atoms with Crippen molar-refractivity contribution in [1.82, 2.24) is 15.6 Å². The molecule has 2 N–H and O–H groups in total. The summed E-state index contributed by atoms with van der Waals surface area (Å²) >= 11 is 0. The lowest BCUT2D eigenvalue weighted by molar-refractivity contribution is 0.184. The van der Waals surface area contributed by atoms with Gasteiger partial charge in [-0.15, -0.1) is 0 Å². The van der Waals surface area contributed by atoms with Crippen LogP contribution in [0.5, 0.6) is 11.5 Å². The second-order valence-electron chi connectivity index (χ2n) is 8.96. The Morgan fingerprint density at radius 2 is 1.88 bits per heavy atom. The maximum absolute atomic E-state index is 12.7. The molecule has 2 aromatic rings. The Morgan fingerprint density at radius 1 is 1.15 bits per heavy atom. The van der Waals surface area contributed by atoms with Gasteiger partial charge in [0, 0.05) is 49.0 Å². The molecule has 0 saturated carbocycles. The van der Waals surface area contributed by atoms with Crippen molar-refractivity contribution in [2.75, 3.05) is 39.3 Å². The summed E-state index contributed by atoms with van der Waals surface area (Å²) in [6.07, 6.45) is 1.86. The molecule has 33 heavy (non-hydrogen) atoms. The molecule has 8 heteroatoms. The molecule has 3 atom stereocenters. The molecule has 2 saturated heterocycles. The van der Waals surface area contributed by atoms with E-state index < -0.39 is 0 Å². The van der Waals surface area contributed by atoms with Crippen molar-refractivity contribution in [3.8, 4) is 11.5 Å². The third-order valence-electron chi connectivity index (χ3n) is 6.96. The fourth-order valence-electron chi connectivity index (χ4n) is 5.24. The van der Waals surface area contributed by atoms with Crippen molar-refractivity contribution in [2.45, 2.75) is 37.9 Å². The number of amides is 2. The highest BCUT2D eigenvalue weighted by molar-refractivity contribution is 6.14. The number of hydrazone groups is 1. The average molecular weight is 450 g/mol. The number of hydrogen-bond acceptors (Lipinski definition) is 6. The van der Waals surface area contributed by atoms with E-state index in [0.717, 1.165) is 35.5 Å². The first-order valence-corrected chi connectivity index (χ1v) is 11.5. The zero-order valence-corrected chi connectivity index (χ0v) is 19.6. The Balaban J connectivity index is 1.58. The zero-order valence-electron chi connectivity index (χ0n) is 19.6.